The first-order valence-electron chi connectivity index (χ1n) is 6.47. The van der Waals surface area contributed by atoms with Crippen molar-refractivity contribution in [3.63, 3.8) is 0 Å². The van der Waals surface area contributed by atoms with Crippen molar-refractivity contribution in [3.8, 4) is 0 Å². The minimum Gasteiger partial charge on any atom is -0.369 e. The van der Waals surface area contributed by atoms with E-state index < -0.39 is 0 Å². The maximum atomic E-state index is 3.34. The van der Waals surface area contributed by atoms with Gasteiger partial charge in [0.25, 0.3) is 0 Å². The van der Waals surface area contributed by atoms with Crippen LogP contribution in [0.4, 0.5) is 5.69 Å². The molecule has 92 valence electrons. The topological polar surface area (TPSA) is 15.3 Å². The number of anilines is 1. The predicted octanol–water partition coefficient (Wildman–Crippen LogP) is 3.15. The van der Waals surface area contributed by atoms with Crippen LogP contribution in [0.5, 0.6) is 0 Å². The van der Waals surface area contributed by atoms with Gasteiger partial charge < -0.3 is 10.2 Å². The van der Waals surface area contributed by atoms with Crippen LogP contribution in [-0.2, 0) is 0 Å². The van der Waals surface area contributed by atoms with Gasteiger partial charge in [0.05, 0.1) is 0 Å². The molecule has 16 heavy (non-hydrogen) atoms. The van der Waals surface area contributed by atoms with E-state index in [-0.39, 0.29) is 0 Å². The van der Waals surface area contributed by atoms with Crippen molar-refractivity contribution >= 4 is 5.69 Å². The molecule has 1 aliphatic rings. The normalized spacial score (nSPS) is 14.1. The fraction of sp³-hybridized carbons (Fsp3) is 0.571. The zero-order valence-electron chi connectivity index (χ0n) is 11.2. The smallest absolute Gasteiger partial charge is 0.0367 e. The molecule has 1 fully saturated rings. The molecule has 1 saturated heterocycles. The van der Waals surface area contributed by atoms with Gasteiger partial charge >= 0.3 is 0 Å². The quantitative estimate of drug-likeness (QED) is 0.785. The van der Waals surface area contributed by atoms with Crippen LogP contribution in [0, 0.1) is 0 Å². The molecule has 0 spiro atoms. The Balaban J connectivity index is 0.000000509. The highest BCUT2D eigenvalue weighted by Gasteiger charge is 2.08. The molecular weight excluding hydrogens is 196 g/mol. The first-order valence-corrected chi connectivity index (χ1v) is 6.47. The molecule has 1 aromatic carbocycles. The number of benzene rings is 1. The van der Waals surface area contributed by atoms with Crippen molar-refractivity contribution in [3.05, 3.63) is 30.3 Å². The highest BCUT2D eigenvalue weighted by Crippen LogP contribution is 2.12. The van der Waals surface area contributed by atoms with Gasteiger partial charge in [-0.1, -0.05) is 45.9 Å². The van der Waals surface area contributed by atoms with Crippen LogP contribution in [0.1, 0.15) is 27.7 Å². The van der Waals surface area contributed by atoms with E-state index in [2.05, 4.69) is 40.5 Å². The minimum atomic E-state index is 1.11. The second kappa shape index (κ2) is 10.5. The third-order valence-electron chi connectivity index (χ3n) is 2.24. The van der Waals surface area contributed by atoms with E-state index in [1.807, 2.05) is 27.7 Å². The highest BCUT2D eigenvalue weighted by atomic mass is 15.2. The molecule has 2 rings (SSSR count). The van der Waals surface area contributed by atoms with Crippen molar-refractivity contribution in [1.82, 2.24) is 5.32 Å². The lowest BCUT2D eigenvalue weighted by Crippen LogP contribution is -2.43. The van der Waals surface area contributed by atoms with Crippen molar-refractivity contribution in [1.29, 1.82) is 0 Å². The van der Waals surface area contributed by atoms with E-state index in [9.17, 15) is 0 Å². The molecule has 0 unspecified atom stereocenters. The summed E-state index contributed by atoms with van der Waals surface area (Å²) < 4.78 is 0. The summed E-state index contributed by atoms with van der Waals surface area (Å²) in [5.41, 5.74) is 1.35. The van der Waals surface area contributed by atoms with Crippen molar-refractivity contribution < 1.29 is 0 Å². The average molecular weight is 222 g/mol. The van der Waals surface area contributed by atoms with Crippen LogP contribution < -0.4 is 10.2 Å². The van der Waals surface area contributed by atoms with Crippen molar-refractivity contribution in [2.75, 3.05) is 31.1 Å². The third kappa shape index (κ3) is 5.17. The zero-order chi connectivity index (χ0) is 12.2. The maximum absolute atomic E-state index is 3.34. The van der Waals surface area contributed by atoms with Crippen LogP contribution in [0.25, 0.3) is 0 Å². The lowest BCUT2D eigenvalue weighted by Gasteiger charge is -2.29. The summed E-state index contributed by atoms with van der Waals surface area (Å²) in [5.74, 6) is 0. The number of hydrogen-bond donors (Lipinski definition) is 1. The number of rotatable bonds is 1. The largest absolute Gasteiger partial charge is 0.369 e. The second-order valence-electron chi connectivity index (χ2n) is 3.07. The minimum absolute atomic E-state index is 1.11. The third-order valence-corrected chi connectivity index (χ3v) is 2.24. The lowest BCUT2D eigenvalue weighted by molar-refractivity contribution is 0.589. The van der Waals surface area contributed by atoms with E-state index in [0.717, 1.165) is 26.2 Å². The van der Waals surface area contributed by atoms with Crippen molar-refractivity contribution in [2.45, 2.75) is 27.7 Å². The molecule has 0 atom stereocenters. The van der Waals surface area contributed by atoms with E-state index >= 15 is 0 Å². The van der Waals surface area contributed by atoms with Crippen LogP contribution in [0.2, 0.25) is 0 Å². The first-order chi connectivity index (χ1) is 7.97. The maximum Gasteiger partial charge on any atom is 0.0367 e. The Morgan fingerprint density at radius 2 is 1.38 bits per heavy atom. The molecule has 0 bridgehead atoms. The van der Waals surface area contributed by atoms with Gasteiger partial charge in [-0.25, -0.2) is 0 Å². The molecule has 1 aromatic rings. The lowest BCUT2D eigenvalue weighted by atomic mass is 10.2. The van der Waals surface area contributed by atoms with Gasteiger partial charge in [0.1, 0.15) is 0 Å². The molecule has 1 heterocycles. The first kappa shape index (κ1) is 15.0. The van der Waals surface area contributed by atoms with E-state index in [1.54, 1.807) is 0 Å². The van der Waals surface area contributed by atoms with Gasteiger partial charge in [0.15, 0.2) is 0 Å². The van der Waals surface area contributed by atoms with Gasteiger partial charge in [0.2, 0.25) is 0 Å². The highest BCUT2D eigenvalue weighted by molar-refractivity contribution is 5.46. The van der Waals surface area contributed by atoms with E-state index in [0.29, 0.717) is 0 Å². The molecule has 2 nitrogen and oxygen atoms in total. The SMILES string of the molecule is CC.CC.c1ccc(N2CCNCC2)cc1. The Bertz CT molecular complexity index is 228. The summed E-state index contributed by atoms with van der Waals surface area (Å²) in [6.45, 7) is 12.5. The van der Waals surface area contributed by atoms with Gasteiger partial charge in [-0.2, -0.15) is 0 Å². The standard InChI is InChI=1S/C10H14N2.2C2H6/c1-2-4-10(5-3-1)12-8-6-11-7-9-12;2*1-2/h1-5,11H,6-9H2;2*1-2H3. The van der Waals surface area contributed by atoms with Gasteiger partial charge in [-0.15, -0.1) is 0 Å². The Morgan fingerprint density at radius 1 is 0.875 bits per heavy atom. The van der Waals surface area contributed by atoms with Gasteiger partial charge in [-0.3, -0.25) is 0 Å². The Morgan fingerprint density at radius 3 is 1.88 bits per heavy atom. The van der Waals surface area contributed by atoms with Gasteiger partial charge in [0, 0.05) is 31.9 Å². The number of piperazine rings is 1. The summed E-state index contributed by atoms with van der Waals surface area (Å²) in [7, 11) is 0. The fourth-order valence-electron chi connectivity index (χ4n) is 1.56. The van der Waals surface area contributed by atoms with Crippen LogP contribution in [-0.4, -0.2) is 26.2 Å². The molecule has 1 N–H and O–H groups in total. The summed E-state index contributed by atoms with van der Waals surface area (Å²) in [6.07, 6.45) is 0. The zero-order valence-corrected chi connectivity index (χ0v) is 11.2. The monoisotopic (exact) mass is 222 g/mol. The molecule has 0 amide bonds. The number of nitrogens with one attached hydrogen (secondary N) is 1. The molecule has 1 aliphatic heterocycles. The molecule has 0 radical (unpaired) electrons. The number of para-hydroxylation sites is 1. The second-order valence-corrected chi connectivity index (χ2v) is 3.07. The average Bonchev–Trinajstić information content (AvgIpc) is 2.45. The van der Waals surface area contributed by atoms with Crippen molar-refractivity contribution in [2.24, 2.45) is 0 Å². The van der Waals surface area contributed by atoms with Crippen LogP contribution >= 0.6 is 0 Å². The Hall–Kier alpha value is -1.02. The van der Waals surface area contributed by atoms with E-state index in [1.165, 1.54) is 5.69 Å². The molecule has 0 aromatic heterocycles. The van der Waals surface area contributed by atoms with Crippen LogP contribution in [0.3, 0.4) is 0 Å². The van der Waals surface area contributed by atoms with Crippen LogP contribution in [0.15, 0.2) is 30.3 Å². The summed E-state index contributed by atoms with van der Waals surface area (Å²) in [6, 6.07) is 10.6. The molecule has 2 heteroatoms. The summed E-state index contributed by atoms with van der Waals surface area (Å²) >= 11 is 0. The fourth-order valence-corrected chi connectivity index (χ4v) is 1.56. The summed E-state index contributed by atoms with van der Waals surface area (Å²) in [5, 5.41) is 3.34. The Kier molecular flexibility index (Phi) is 9.83. The Labute approximate surface area is 101 Å². The molecular formula is C14H26N2. The van der Waals surface area contributed by atoms with Gasteiger partial charge in [-0.05, 0) is 12.1 Å². The molecule has 0 saturated carbocycles. The predicted molar refractivity (Wildman–Crippen MR) is 74.2 cm³/mol. The van der Waals surface area contributed by atoms with E-state index in [4.69, 9.17) is 0 Å². The summed E-state index contributed by atoms with van der Waals surface area (Å²) in [4.78, 5) is 2.41. The number of hydrogen-bond acceptors (Lipinski definition) is 2. The number of nitrogens with zero attached hydrogens (tertiary/aromatic N) is 1. The molecule has 0 aliphatic carbocycles.